The van der Waals surface area contributed by atoms with Crippen LogP contribution in [0.15, 0.2) is 0 Å². The maximum absolute atomic E-state index is 5.88. The van der Waals surface area contributed by atoms with Crippen LogP contribution in [0.4, 0.5) is 0 Å². The van der Waals surface area contributed by atoms with Gasteiger partial charge in [0.05, 0.1) is 5.60 Å². The Hall–Kier alpha value is 0.270. The second-order valence-corrected chi connectivity index (χ2v) is 6.79. The number of thioether (sulfide) groups is 1. The van der Waals surface area contributed by atoms with Crippen molar-refractivity contribution in [2.75, 3.05) is 18.1 Å². The first-order chi connectivity index (χ1) is 8.09. The Balaban J connectivity index is 2.26. The van der Waals surface area contributed by atoms with E-state index in [1.807, 2.05) is 11.8 Å². The van der Waals surface area contributed by atoms with E-state index in [2.05, 4.69) is 33.0 Å². The Morgan fingerprint density at radius 1 is 1.47 bits per heavy atom. The van der Waals surface area contributed by atoms with Gasteiger partial charge in [-0.15, -0.1) is 0 Å². The van der Waals surface area contributed by atoms with E-state index in [9.17, 15) is 0 Å². The molecule has 0 bridgehead atoms. The smallest absolute Gasteiger partial charge is 0.0666 e. The molecule has 0 aliphatic carbocycles. The van der Waals surface area contributed by atoms with Gasteiger partial charge in [-0.25, -0.2) is 0 Å². The fourth-order valence-electron chi connectivity index (χ4n) is 2.41. The summed E-state index contributed by atoms with van der Waals surface area (Å²) in [5, 5.41) is 3.77. The molecule has 1 aliphatic heterocycles. The first-order valence-corrected chi connectivity index (χ1v) is 8.23. The molecule has 3 unspecified atom stereocenters. The molecule has 1 fully saturated rings. The number of rotatable bonds is 7. The van der Waals surface area contributed by atoms with Crippen LogP contribution in [-0.4, -0.2) is 35.8 Å². The minimum absolute atomic E-state index is 0.105. The molecule has 0 aromatic rings. The van der Waals surface area contributed by atoms with Gasteiger partial charge in [0.25, 0.3) is 0 Å². The molecule has 17 heavy (non-hydrogen) atoms. The normalized spacial score (nSPS) is 31.4. The zero-order valence-corrected chi connectivity index (χ0v) is 12.7. The van der Waals surface area contributed by atoms with Crippen molar-refractivity contribution in [1.82, 2.24) is 5.32 Å². The zero-order valence-electron chi connectivity index (χ0n) is 11.9. The van der Waals surface area contributed by atoms with Gasteiger partial charge in [0.1, 0.15) is 0 Å². The van der Waals surface area contributed by atoms with Crippen molar-refractivity contribution < 1.29 is 4.74 Å². The van der Waals surface area contributed by atoms with Crippen molar-refractivity contribution in [3.8, 4) is 0 Å². The summed E-state index contributed by atoms with van der Waals surface area (Å²) in [7, 11) is 0. The third-order valence-corrected chi connectivity index (χ3v) is 4.70. The Bertz CT molecular complexity index is 212. The molecule has 1 rings (SSSR count). The quantitative estimate of drug-likeness (QED) is 0.708. The van der Waals surface area contributed by atoms with Gasteiger partial charge in [0, 0.05) is 18.7 Å². The minimum atomic E-state index is 0.105. The topological polar surface area (TPSA) is 21.3 Å². The van der Waals surface area contributed by atoms with Crippen LogP contribution in [0, 0.1) is 0 Å². The van der Waals surface area contributed by atoms with E-state index >= 15 is 0 Å². The fraction of sp³-hybridized carbons (Fsp3) is 1.00. The molecule has 1 N–H and O–H groups in total. The lowest BCUT2D eigenvalue weighted by molar-refractivity contribution is -0.0789. The highest BCUT2D eigenvalue weighted by molar-refractivity contribution is 7.99. The average molecular weight is 259 g/mol. The highest BCUT2D eigenvalue weighted by Gasteiger charge is 2.31. The summed E-state index contributed by atoms with van der Waals surface area (Å²) < 4.78 is 5.88. The summed E-state index contributed by atoms with van der Waals surface area (Å²) in [5.41, 5.74) is 0.105. The van der Waals surface area contributed by atoms with Crippen molar-refractivity contribution in [3.63, 3.8) is 0 Å². The van der Waals surface area contributed by atoms with Gasteiger partial charge in [0.2, 0.25) is 0 Å². The van der Waals surface area contributed by atoms with Crippen LogP contribution >= 0.6 is 11.8 Å². The lowest BCUT2D eigenvalue weighted by atomic mass is 9.89. The molecule has 102 valence electrons. The third kappa shape index (κ3) is 5.62. The predicted molar refractivity (Wildman–Crippen MR) is 77.9 cm³/mol. The minimum Gasteiger partial charge on any atom is -0.375 e. The first-order valence-electron chi connectivity index (χ1n) is 7.07. The van der Waals surface area contributed by atoms with E-state index < -0.39 is 0 Å². The molecule has 0 radical (unpaired) electrons. The second-order valence-electron chi connectivity index (χ2n) is 5.39. The van der Waals surface area contributed by atoms with Crippen LogP contribution in [-0.2, 0) is 4.74 Å². The van der Waals surface area contributed by atoms with E-state index in [1.54, 1.807) is 0 Å². The summed E-state index contributed by atoms with van der Waals surface area (Å²) >= 11 is 2.04. The van der Waals surface area contributed by atoms with Gasteiger partial charge in [-0.3, -0.25) is 0 Å². The number of hydrogen-bond donors (Lipinski definition) is 1. The molecule has 0 spiro atoms. The SMILES string of the molecule is CCSCCC(C)NC1CCOC(C)(CC)C1. The second kappa shape index (κ2) is 7.65. The molecule has 3 atom stereocenters. The van der Waals surface area contributed by atoms with Crippen LogP contribution in [0.5, 0.6) is 0 Å². The molecular formula is C14H29NOS. The standard InChI is InChI=1S/C14H29NOS/c1-5-14(4)11-13(7-9-16-14)15-12(3)8-10-17-6-2/h12-13,15H,5-11H2,1-4H3. The summed E-state index contributed by atoms with van der Waals surface area (Å²) in [6.45, 7) is 9.93. The lowest BCUT2D eigenvalue weighted by Crippen LogP contribution is -2.47. The molecule has 1 heterocycles. The van der Waals surface area contributed by atoms with Crippen LogP contribution in [0.3, 0.4) is 0 Å². The Labute approximate surface area is 111 Å². The molecular weight excluding hydrogens is 230 g/mol. The first kappa shape index (κ1) is 15.3. The number of ether oxygens (including phenoxy) is 1. The van der Waals surface area contributed by atoms with Crippen LogP contribution in [0.1, 0.15) is 53.4 Å². The zero-order chi connectivity index (χ0) is 12.7. The van der Waals surface area contributed by atoms with Gasteiger partial charge in [0.15, 0.2) is 0 Å². The molecule has 3 heteroatoms. The molecule has 0 aromatic heterocycles. The maximum atomic E-state index is 5.88. The van der Waals surface area contributed by atoms with E-state index in [0.717, 1.165) is 19.4 Å². The van der Waals surface area contributed by atoms with Gasteiger partial charge in [-0.05, 0) is 51.0 Å². The van der Waals surface area contributed by atoms with E-state index in [1.165, 1.54) is 24.3 Å². The largest absolute Gasteiger partial charge is 0.375 e. The van der Waals surface area contributed by atoms with E-state index in [4.69, 9.17) is 4.74 Å². The fourth-order valence-corrected chi connectivity index (χ4v) is 3.22. The molecule has 0 saturated carbocycles. The number of nitrogens with one attached hydrogen (secondary N) is 1. The van der Waals surface area contributed by atoms with Crippen LogP contribution in [0.25, 0.3) is 0 Å². The van der Waals surface area contributed by atoms with Crippen molar-refractivity contribution in [2.24, 2.45) is 0 Å². The maximum Gasteiger partial charge on any atom is 0.0666 e. The summed E-state index contributed by atoms with van der Waals surface area (Å²) in [6.07, 6.45) is 4.72. The molecule has 0 aromatic carbocycles. The van der Waals surface area contributed by atoms with Crippen molar-refractivity contribution in [3.05, 3.63) is 0 Å². The van der Waals surface area contributed by atoms with E-state index in [0.29, 0.717) is 12.1 Å². The van der Waals surface area contributed by atoms with Gasteiger partial charge in [-0.1, -0.05) is 13.8 Å². The molecule has 1 saturated heterocycles. The van der Waals surface area contributed by atoms with Crippen molar-refractivity contribution in [1.29, 1.82) is 0 Å². The molecule has 0 amide bonds. The van der Waals surface area contributed by atoms with Gasteiger partial charge >= 0.3 is 0 Å². The highest BCUT2D eigenvalue weighted by Crippen LogP contribution is 2.28. The van der Waals surface area contributed by atoms with E-state index in [-0.39, 0.29) is 5.60 Å². The molecule has 2 nitrogen and oxygen atoms in total. The van der Waals surface area contributed by atoms with Crippen molar-refractivity contribution >= 4 is 11.8 Å². The predicted octanol–water partition coefficient (Wildman–Crippen LogP) is 3.46. The summed E-state index contributed by atoms with van der Waals surface area (Å²) in [5.74, 6) is 2.51. The van der Waals surface area contributed by atoms with Gasteiger partial charge in [-0.2, -0.15) is 11.8 Å². The summed E-state index contributed by atoms with van der Waals surface area (Å²) in [6, 6.07) is 1.29. The Morgan fingerprint density at radius 2 is 2.24 bits per heavy atom. The van der Waals surface area contributed by atoms with Crippen LogP contribution < -0.4 is 5.32 Å². The highest BCUT2D eigenvalue weighted by atomic mass is 32.2. The monoisotopic (exact) mass is 259 g/mol. The van der Waals surface area contributed by atoms with Crippen molar-refractivity contribution in [2.45, 2.75) is 71.1 Å². The average Bonchev–Trinajstić information content (AvgIpc) is 2.29. The Kier molecular flexibility index (Phi) is 6.90. The Morgan fingerprint density at radius 3 is 2.88 bits per heavy atom. The van der Waals surface area contributed by atoms with Gasteiger partial charge < -0.3 is 10.1 Å². The number of hydrogen-bond acceptors (Lipinski definition) is 3. The third-order valence-electron chi connectivity index (χ3n) is 3.76. The van der Waals surface area contributed by atoms with Crippen LogP contribution in [0.2, 0.25) is 0 Å². The molecule has 1 aliphatic rings. The summed E-state index contributed by atoms with van der Waals surface area (Å²) in [4.78, 5) is 0. The lowest BCUT2D eigenvalue weighted by Gasteiger charge is -2.39.